The van der Waals surface area contributed by atoms with Crippen LogP contribution in [0, 0.1) is 11.8 Å². The quantitative estimate of drug-likeness (QED) is 0.848. The van der Waals surface area contributed by atoms with Crippen LogP contribution in [0.25, 0.3) is 0 Å². The lowest BCUT2D eigenvalue weighted by atomic mass is 9.91. The lowest BCUT2D eigenvalue weighted by Crippen LogP contribution is -2.52. The van der Waals surface area contributed by atoms with Gasteiger partial charge in [0.05, 0.1) is 19.2 Å². The molecule has 0 radical (unpaired) electrons. The minimum atomic E-state index is 0.117. The van der Waals surface area contributed by atoms with Gasteiger partial charge in [0.1, 0.15) is 0 Å². The normalized spacial score (nSPS) is 24.6. The molecule has 142 valence electrons. The third kappa shape index (κ3) is 4.27. The maximum Gasteiger partial charge on any atom is 0.224 e. The molecule has 2 bridgehead atoms. The van der Waals surface area contributed by atoms with E-state index < -0.39 is 0 Å². The number of hydrogen-bond acceptors (Lipinski definition) is 5. The number of carbonyl (C=O) groups excluding carboxylic acids is 1. The second-order valence-electron chi connectivity index (χ2n) is 7.59. The molecule has 2 aromatic rings. The van der Waals surface area contributed by atoms with Crippen LogP contribution in [0.15, 0.2) is 42.7 Å². The third-order valence-corrected chi connectivity index (χ3v) is 5.73. The molecule has 1 saturated carbocycles. The lowest BCUT2D eigenvalue weighted by molar-refractivity contribution is -0.122. The summed E-state index contributed by atoms with van der Waals surface area (Å²) in [6.07, 6.45) is 6.27. The number of ether oxygens (including phenoxy) is 1. The summed E-state index contributed by atoms with van der Waals surface area (Å²) in [5, 5.41) is 3.31. The Labute approximate surface area is 160 Å². The molecule has 6 nitrogen and oxygen atoms in total. The van der Waals surface area contributed by atoms with Crippen LogP contribution in [0.3, 0.4) is 0 Å². The first-order chi connectivity index (χ1) is 13.2. The average Bonchev–Trinajstić information content (AvgIpc) is 2.91. The molecule has 3 heterocycles. The first kappa shape index (κ1) is 17.9. The molecule has 2 aliphatic rings. The number of nitrogens with zero attached hydrogens (tertiary/aromatic N) is 3. The fourth-order valence-electron chi connectivity index (χ4n) is 4.50. The van der Waals surface area contributed by atoms with Gasteiger partial charge in [0.15, 0.2) is 0 Å². The van der Waals surface area contributed by atoms with Crippen LogP contribution in [0.2, 0.25) is 0 Å². The molecule has 1 N–H and O–H groups in total. The summed E-state index contributed by atoms with van der Waals surface area (Å²) in [6.45, 7) is 2.85. The van der Waals surface area contributed by atoms with Gasteiger partial charge in [-0.25, -0.2) is 4.98 Å². The minimum absolute atomic E-state index is 0.117. The van der Waals surface area contributed by atoms with Crippen molar-refractivity contribution >= 4 is 5.91 Å². The summed E-state index contributed by atoms with van der Waals surface area (Å²) in [5.41, 5.74) is 2.05. The van der Waals surface area contributed by atoms with E-state index in [1.165, 1.54) is 12.8 Å². The van der Waals surface area contributed by atoms with Crippen molar-refractivity contribution in [1.82, 2.24) is 20.2 Å². The monoisotopic (exact) mass is 366 g/mol. The molecule has 6 heteroatoms. The fourth-order valence-corrected chi connectivity index (χ4v) is 4.50. The van der Waals surface area contributed by atoms with Gasteiger partial charge in [-0.15, -0.1) is 0 Å². The number of nitrogens with one attached hydrogen (secondary N) is 1. The molecule has 27 heavy (non-hydrogen) atoms. The van der Waals surface area contributed by atoms with E-state index in [9.17, 15) is 4.79 Å². The Morgan fingerprint density at radius 3 is 2.63 bits per heavy atom. The molecule has 3 atom stereocenters. The number of methoxy groups -OCH3 is 1. The van der Waals surface area contributed by atoms with Gasteiger partial charge in [-0.2, -0.15) is 0 Å². The van der Waals surface area contributed by atoms with Crippen LogP contribution in [-0.4, -0.2) is 47.0 Å². The van der Waals surface area contributed by atoms with Gasteiger partial charge >= 0.3 is 0 Å². The number of hydrogen-bond donors (Lipinski definition) is 1. The first-order valence-electron chi connectivity index (χ1n) is 9.62. The number of aromatic nitrogens is 2. The topological polar surface area (TPSA) is 67.3 Å². The van der Waals surface area contributed by atoms with Gasteiger partial charge in [-0.05, 0) is 48.4 Å². The molecule has 1 amide bonds. The van der Waals surface area contributed by atoms with Crippen molar-refractivity contribution in [2.24, 2.45) is 11.8 Å². The Morgan fingerprint density at radius 1 is 1.19 bits per heavy atom. The number of piperidine rings is 1. The maximum atomic E-state index is 12.5. The highest BCUT2D eigenvalue weighted by Gasteiger charge is 2.42. The van der Waals surface area contributed by atoms with Gasteiger partial charge < -0.3 is 10.1 Å². The number of amides is 1. The summed E-state index contributed by atoms with van der Waals surface area (Å²) in [4.78, 5) is 23.5. The van der Waals surface area contributed by atoms with Crippen molar-refractivity contribution in [1.29, 1.82) is 0 Å². The number of pyridine rings is 2. The van der Waals surface area contributed by atoms with Crippen LogP contribution in [0.4, 0.5) is 0 Å². The smallest absolute Gasteiger partial charge is 0.224 e. The standard InChI is InChI=1S/C21H26N4O2/c1-27-20-4-2-3-18(23-20)14-25-12-16-5-6-17(13-25)21(16)24-19(26)11-15-7-9-22-10-8-15/h2-4,7-10,16-17,21H,5-6,11-14H2,1H3,(H,24,26)/t16-,17+,21?. The molecule has 2 fully saturated rings. The van der Waals surface area contributed by atoms with Crippen LogP contribution >= 0.6 is 0 Å². The Kier molecular flexibility index (Phi) is 5.34. The summed E-state index contributed by atoms with van der Waals surface area (Å²) in [6, 6.07) is 10.0. The number of rotatable bonds is 6. The minimum Gasteiger partial charge on any atom is -0.481 e. The lowest BCUT2D eigenvalue weighted by Gasteiger charge is -2.38. The van der Waals surface area contributed by atoms with Crippen molar-refractivity contribution in [3.63, 3.8) is 0 Å². The van der Waals surface area contributed by atoms with Gasteiger partial charge in [-0.3, -0.25) is 14.7 Å². The van der Waals surface area contributed by atoms with Crippen molar-refractivity contribution in [3.8, 4) is 5.88 Å². The maximum absolute atomic E-state index is 12.5. The SMILES string of the molecule is COc1cccc(CN2C[C@H]3CC[C@@H](C2)C3NC(=O)Cc2ccncc2)n1. The predicted molar refractivity (Wildman–Crippen MR) is 102 cm³/mol. The number of likely N-dealkylation sites (tertiary alicyclic amines) is 1. The second-order valence-corrected chi connectivity index (χ2v) is 7.59. The highest BCUT2D eigenvalue weighted by atomic mass is 16.5. The predicted octanol–water partition coefficient (Wildman–Crippen LogP) is 2.05. The average molecular weight is 366 g/mol. The summed E-state index contributed by atoms with van der Waals surface area (Å²) >= 11 is 0. The van der Waals surface area contributed by atoms with E-state index in [4.69, 9.17) is 4.74 Å². The fraction of sp³-hybridized carbons (Fsp3) is 0.476. The molecule has 1 saturated heterocycles. The van der Waals surface area contributed by atoms with Crippen molar-refractivity contribution < 1.29 is 9.53 Å². The van der Waals surface area contributed by atoms with Gasteiger partial charge in [0.25, 0.3) is 0 Å². The molecule has 0 spiro atoms. The zero-order valence-electron chi connectivity index (χ0n) is 15.7. The van der Waals surface area contributed by atoms with E-state index in [-0.39, 0.29) is 5.91 Å². The Bertz CT molecular complexity index is 769. The molecule has 0 aromatic carbocycles. The first-order valence-corrected chi connectivity index (χ1v) is 9.62. The van der Waals surface area contributed by atoms with Crippen molar-refractivity contribution in [2.45, 2.75) is 31.8 Å². The zero-order valence-corrected chi connectivity index (χ0v) is 15.7. The van der Waals surface area contributed by atoms with E-state index in [1.54, 1.807) is 19.5 Å². The van der Waals surface area contributed by atoms with E-state index in [0.29, 0.717) is 30.2 Å². The van der Waals surface area contributed by atoms with Crippen LogP contribution < -0.4 is 10.1 Å². The Balaban J connectivity index is 1.34. The van der Waals surface area contributed by atoms with E-state index >= 15 is 0 Å². The molecular weight excluding hydrogens is 340 g/mol. The van der Waals surface area contributed by atoms with Crippen molar-refractivity contribution in [3.05, 3.63) is 54.0 Å². The third-order valence-electron chi connectivity index (χ3n) is 5.73. The molecule has 4 rings (SSSR count). The van der Waals surface area contributed by atoms with Crippen LogP contribution in [-0.2, 0) is 17.8 Å². The van der Waals surface area contributed by atoms with Gasteiger partial charge in [0, 0.05) is 44.1 Å². The van der Waals surface area contributed by atoms with Gasteiger partial charge in [0.2, 0.25) is 11.8 Å². The van der Waals surface area contributed by atoms with Crippen LogP contribution in [0.5, 0.6) is 5.88 Å². The van der Waals surface area contributed by atoms with Gasteiger partial charge in [-0.1, -0.05) is 6.07 Å². The largest absolute Gasteiger partial charge is 0.481 e. The molecule has 1 unspecified atom stereocenters. The summed E-state index contributed by atoms with van der Waals surface area (Å²) in [7, 11) is 1.65. The molecule has 1 aliphatic carbocycles. The van der Waals surface area contributed by atoms with E-state index in [0.717, 1.165) is 30.9 Å². The zero-order chi connectivity index (χ0) is 18.6. The van der Waals surface area contributed by atoms with Crippen LogP contribution in [0.1, 0.15) is 24.1 Å². The van der Waals surface area contributed by atoms with Crippen molar-refractivity contribution in [2.75, 3.05) is 20.2 Å². The molecule has 2 aromatic heterocycles. The highest BCUT2D eigenvalue weighted by Crippen LogP contribution is 2.37. The molecule has 1 aliphatic heterocycles. The summed E-state index contributed by atoms with van der Waals surface area (Å²) < 4.78 is 5.23. The Morgan fingerprint density at radius 2 is 1.93 bits per heavy atom. The molecular formula is C21H26N4O2. The Hall–Kier alpha value is -2.47. The highest BCUT2D eigenvalue weighted by molar-refractivity contribution is 5.78. The second kappa shape index (κ2) is 8.05. The number of fused-ring (bicyclic) bond motifs is 2. The van der Waals surface area contributed by atoms with E-state index in [1.807, 2.05) is 30.3 Å². The number of carbonyl (C=O) groups is 1. The van der Waals surface area contributed by atoms with E-state index in [2.05, 4.69) is 20.2 Å². The summed E-state index contributed by atoms with van der Waals surface area (Å²) in [5.74, 6) is 1.83.